The molecule has 2 heterocycles. The van der Waals surface area contributed by atoms with Gasteiger partial charge >= 0.3 is 0 Å². The largest absolute Gasteiger partial charge is 0.358 e. The number of hydrogen-bond acceptors (Lipinski definition) is 3. The van der Waals surface area contributed by atoms with Crippen molar-refractivity contribution in [2.24, 2.45) is 0 Å². The fourth-order valence-corrected chi connectivity index (χ4v) is 5.14. The van der Waals surface area contributed by atoms with Gasteiger partial charge < -0.3 is 5.32 Å². The zero-order valence-corrected chi connectivity index (χ0v) is 19.9. The molecule has 4 rings (SSSR count). The molecule has 3 aromatic rings. The average molecular weight is 449 g/mol. The van der Waals surface area contributed by atoms with Crippen molar-refractivity contribution >= 4 is 5.91 Å². The van der Waals surface area contributed by atoms with Gasteiger partial charge in [-0.2, -0.15) is 5.10 Å². The Morgan fingerprint density at radius 3 is 2.64 bits per heavy atom. The summed E-state index contributed by atoms with van der Waals surface area (Å²) in [6.45, 7) is 7.54. The van der Waals surface area contributed by atoms with Crippen molar-refractivity contribution in [2.45, 2.75) is 58.7 Å². The van der Waals surface area contributed by atoms with Gasteiger partial charge in [-0.05, 0) is 56.4 Å². The van der Waals surface area contributed by atoms with Gasteiger partial charge in [0.1, 0.15) is 11.9 Å². The number of fused-ring (bicyclic) bond motifs is 1. The lowest BCUT2D eigenvalue weighted by molar-refractivity contribution is -0.127. The SMILES string of the molecule is CCn1nc(C)c2c1CCN([C@@H](C(=O)NC)c1ccccc1)[C@H]2CCc1ccc(C)c(F)c1. The van der Waals surface area contributed by atoms with Crippen LogP contribution in [0.1, 0.15) is 59.1 Å². The molecular weight excluding hydrogens is 415 g/mol. The molecule has 33 heavy (non-hydrogen) atoms. The van der Waals surface area contributed by atoms with Crippen LogP contribution in [0, 0.1) is 19.7 Å². The van der Waals surface area contributed by atoms with Gasteiger partial charge in [0, 0.05) is 43.9 Å². The maximum Gasteiger partial charge on any atom is 0.241 e. The Balaban J connectivity index is 1.74. The molecule has 0 radical (unpaired) electrons. The van der Waals surface area contributed by atoms with Crippen LogP contribution < -0.4 is 5.32 Å². The molecule has 0 unspecified atom stereocenters. The maximum absolute atomic E-state index is 14.2. The van der Waals surface area contributed by atoms with E-state index in [4.69, 9.17) is 5.10 Å². The minimum Gasteiger partial charge on any atom is -0.358 e. The van der Waals surface area contributed by atoms with Crippen LogP contribution in [0.3, 0.4) is 0 Å². The van der Waals surface area contributed by atoms with Gasteiger partial charge in [0.05, 0.1) is 5.69 Å². The second-order valence-corrected chi connectivity index (χ2v) is 8.81. The molecule has 0 saturated heterocycles. The quantitative estimate of drug-likeness (QED) is 0.571. The number of carbonyl (C=O) groups is 1. The van der Waals surface area contributed by atoms with Crippen LogP contribution >= 0.6 is 0 Å². The third-order valence-electron chi connectivity index (χ3n) is 6.81. The van der Waals surface area contributed by atoms with E-state index in [0.29, 0.717) is 5.56 Å². The van der Waals surface area contributed by atoms with Crippen molar-refractivity contribution < 1.29 is 9.18 Å². The van der Waals surface area contributed by atoms with E-state index >= 15 is 0 Å². The Hall–Kier alpha value is -2.99. The number of likely N-dealkylation sites (N-methyl/N-ethyl adjacent to an activating group) is 1. The van der Waals surface area contributed by atoms with Gasteiger partial charge in [-0.15, -0.1) is 0 Å². The number of amides is 1. The summed E-state index contributed by atoms with van der Waals surface area (Å²) >= 11 is 0. The van der Waals surface area contributed by atoms with E-state index in [1.807, 2.05) is 42.5 Å². The molecule has 1 aliphatic heterocycles. The van der Waals surface area contributed by atoms with E-state index in [1.54, 1.807) is 20.0 Å². The number of carbonyl (C=O) groups excluding carboxylic acids is 1. The molecule has 5 nitrogen and oxygen atoms in total. The number of nitrogens with one attached hydrogen (secondary N) is 1. The Kier molecular flexibility index (Phi) is 6.94. The first-order valence-electron chi connectivity index (χ1n) is 11.8. The fraction of sp³-hybridized carbons (Fsp3) is 0.407. The first-order valence-corrected chi connectivity index (χ1v) is 11.8. The summed E-state index contributed by atoms with van der Waals surface area (Å²) in [5, 5.41) is 7.68. The van der Waals surface area contributed by atoms with Gasteiger partial charge in [-0.25, -0.2) is 4.39 Å². The highest BCUT2D eigenvalue weighted by atomic mass is 19.1. The Morgan fingerprint density at radius 2 is 1.97 bits per heavy atom. The third kappa shape index (κ3) is 4.58. The Labute approximate surface area is 195 Å². The first-order chi connectivity index (χ1) is 15.9. The number of benzene rings is 2. The number of aromatic nitrogens is 2. The minimum absolute atomic E-state index is 0.0147. The van der Waals surface area contributed by atoms with Crippen molar-refractivity contribution in [1.29, 1.82) is 0 Å². The van der Waals surface area contributed by atoms with E-state index in [1.165, 1.54) is 11.3 Å². The van der Waals surface area contributed by atoms with Crippen molar-refractivity contribution in [2.75, 3.05) is 13.6 Å². The summed E-state index contributed by atoms with van der Waals surface area (Å²) in [5.41, 5.74) is 6.11. The summed E-state index contributed by atoms with van der Waals surface area (Å²) in [4.78, 5) is 15.5. The van der Waals surface area contributed by atoms with Crippen LogP contribution in [-0.2, 0) is 24.2 Å². The van der Waals surface area contributed by atoms with Crippen molar-refractivity contribution in [3.63, 3.8) is 0 Å². The molecular formula is C27H33FN4O. The van der Waals surface area contributed by atoms with Crippen LogP contribution in [0.2, 0.25) is 0 Å². The second-order valence-electron chi connectivity index (χ2n) is 8.81. The lowest BCUT2D eigenvalue weighted by Gasteiger charge is -2.41. The molecule has 1 N–H and O–H groups in total. The highest BCUT2D eigenvalue weighted by Gasteiger charge is 2.39. The predicted molar refractivity (Wildman–Crippen MR) is 128 cm³/mol. The molecule has 1 amide bonds. The van der Waals surface area contributed by atoms with Gasteiger partial charge in [0.25, 0.3) is 0 Å². The van der Waals surface area contributed by atoms with E-state index in [-0.39, 0.29) is 17.8 Å². The van der Waals surface area contributed by atoms with Gasteiger partial charge in [0.2, 0.25) is 5.91 Å². The maximum atomic E-state index is 14.2. The van der Waals surface area contributed by atoms with E-state index in [2.05, 4.69) is 28.7 Å². The highest BCUT2D eigenvalue weighted by molar-refractivity contribution is 5.83. The van der Waals surface area contributed by atoms with Crippen molar-refractivity contribution in [1.82, 2.24) is 20.0 Å². The summed E-state index contributed by atoms with van der Waals surface area (Å²) in [6.07, 6.45) is 2.36. The third-order valence-corrected chi connectivity index (χ3v) is 6.81. The molecule has 0 saturated carbocycles. The van der Waals surface area contributed by atoms with Gasteiger partial charge in [0.15, 0.2) is 0 Å². The molecule has 0 spiro atoms. The van der Waals surface area contributed by atoms with Crippen LogP contribution in [0.4, 0.5) is 4.39 Å². The molecule has 1 aromatic heterocycles. The van der Waals surface area contributed by atoms with Gasteiger partial charge in [-0.1, -0.05) is 42.5 Å². The van der Waals surface area contributed by atoms with Crippen LogP contribution in [0.15, 0.2) is 48.5 Å². The summed E-state index contributed by atoms with van der Waals surface area (Å²) in [5.74, 6) is -0.187. The predicted octanol–water partition coefficient (Wildman–Crippen LogP) is 4.68. The van der Waals surface area contributed by atoms with Gasteiger partial charge in [-0.3, -0.25) is 14.4 Å². The van der Waals surface area contributed by atoms with E-state index in [9.17, 15) is 9.18 Å². The summed E-state index contributed by atoms with van der Waals surface area (Å²) in [7, 11) is 1.69. The zero-order chi connectivity index (χ0) is 23.5. The fourth-order valence-electron chi connectivity index (χ4n) is 5.14. The Bertz CT molecular complexity index is 1120. The summed E-state index contributed by atoms with van der Waals surface area (Å²) < 4.78 is 16.3. The monoisotopic (exact) mass is 448 g/mol. The molecule has 0 bridgehead atoms. The normalized spacial score (nSPS) is 16.9. The number of nitrogens with zero attached hydrogens (tertiary/aromatic N) is 3. The molecule has 1 aliphatic rings. The average Bonchev–Trinajstić information content (AvgIpc) is 3.16. The standard InChI is InChI=1S/C27H33FN4O/c1-5-32-24-15-16-31(26(27(33)29-4)21-9-7-6-8-10-21)23(25(24)19(3)30-32)14-13-20-12-11-18(2)22(28)17-20/h6-12,17,23,26H,5,13-16H2,1-4H3,(H,29,33)/t23-,26+/m0/s1. The van der Waals surface area contributed by atoms with Crippen molar-refractivity contribution in [3.8, 4) is 0 Å². The Morgan fingerprint density at radius 1 is 1.21 bits per heavy atom. The van der Waals surface area contributed by atoms with E-state index in [0.717, 1.165) is 49.2 Å². The molecule has 2 aromatic carbocycles. The molecule has 2 atom stereocenters. The van der Waals surface area contributed by atoms with Crippen LogP contribution in [0.25, 0.3) is 0 Å². The zero-order valence-electron chi connectivity index (χ0n) is 19.9. The molecule has 0 aliphatic carbocycles. The second kappa shape index (κ2) is 9.87. The van der Waals surface area contributed by atoms with Crippen LogP contribution in [0.5, 0.6) is 0 Å². The first kappa shape index (κ1) is 23.2. The van der Waals surface area contributed by atoms with Crippen molar-refractivity contribution in [3.05, 3.63) is 88.0 Å². The minimum atomic E-state index is -0.395. The van der Waals surface area contributed by atoms with E-state index < -0.39 is 6.04 Å². The number of hydrogen-bond donors (Lipinski definition) is 1. The molecule has 0 fully saturated rings. The molecule has 174 valence electrons. The summed E-state index contributed by atoms with van der Waals surface area (Å²) in [6, 6.07) is 15.1. The lowest BCUT2D eigenvalue weighted by Crippen LogP contribution is -2.45. The topological polar surface area (TPSA) is 50.2 Å². The molecule has 6 heteroatoms. The number of rotatable bonds is 7. The smallest absolute Gasteiger partial charge is 0.241 e. The lowest BCUT2D eigenvalue weighted by atomic mass is 9.88. The number of halogens is 1. The van der Waals surface area contributed by atoms with Crippen LogP contribution in [-0.4, -0.2) is 34.2 Å². The number of aryl methyl sites for hydroxylation is 4. The highest BCUT2D eigenvalue weighted by Crippen LogP contribution is 2.40.